The molecule has 7 nitrogen and oxygen atoms in total. The van der Waals surface area contributed by atoms with Crippen molar-refractivity contribution in [2.24, 2.45) is 0 Å². The Morgan fingerprint density at radius 1 is 1.23 bits per heavy atom. The fourth-order valence-electron chi connectivity index (χ4n) is 2.12. The number of carbonyl (C=O) groups is 2. The van der Waals surface area contributed by atoms with Gasteiger partial charge in [0, 0.05) is 11.1 Å². The largest absolute Gasteiger partial charge is 0.452 e. The van der Waals surface area contributed by atoms with E-state index in [1.165, 1.54) is 35.1 Å². The van der Waals surface area contributed by atoms with Crippen molar-refractivity contribution in [1.29, 1.82) is 0 Å². The number of benzene rings is 1. The molecule has 0 aliphatic heterocycles. The molecule has 1 N–H and O–H groups in total. The Hall–Kier alpha value is -3.01. The Bertz CT molecular complexity index is 948. The topological polar surface area (TPSA) is 85.6 Å². The fraction of sp³-hybridized carbons (Fsp3) is 0.125. The van der Waals surface area contributed by atoms with Gasteiger partial charge in [0.25, 0.3) is 11.7 Å². The fourth-order valence-corrected chi connectivity index (χ4v) is 2.71. The van der Waals surface area contributed by atoms with Gasteiger partial charge in [-0.25, -0.2) is 4.79 Å². The molecule has 0 aliphatic carbocycles. The van der Waals surface area contributed by atoms with Crippen LogP contribution in [0.15, 0.2) is 53.8 Å². The first kappa shape index (κ1) is 17.8. The monoisotopic (exact) mass is 378 g/mol. The summed E-state index contributed by atoms with van der Waals surface area (Å²) in [7, 11) is 0. The standard InChI is InChI=1S/C16H12F2N4O3S/c17-16(18)26-12-4-2-1-3-11(12)20-14(23)8-25-15(24)10-5-6-13-21-19-9-22(13)7-10/h1-7,9,16H,8H2,(H,20,23). The molecule has 0 bridgehead atoms. The van der Waals surface area contributed by atoms with Gasteiger partial charge in [0.15, 0.2) is 12.3 Å². The van der Waals surface area contributed by atoms with Gasteiger partial charge in [-0.05, 0) is 24.3 Å². The first-order valence-electron chi connectivity index (χ1n) is 7.33. The van der Waals surface area contributed by atoms with Crippen molar-refractivity contribution in [1.82, 2.24) is 14.6 Å². The zero-order chi connectivity index (χ0) is 18.5. The number of thioether (sulfide) groups is 1. The van der Waals surface area contributed by atoms with E-state index < -0.39 is 24.2 Å². The first-order valence-corrected chi connectivity index (χ1v) is 8.21. The molecule has 1 aromatic carbocycles. The molecule has 10 heteroatoms. The molecule has 2 heterocycles. The number of aromatic nitrogens is 3. The molecule has 0 fully saturated rings. The van der Waals surface area contributed by atoms with Crippen LogP contribution < -0.4 is 5.32 Å². The number of rotatable bonds is 6. The quantitative estimate of drug-likeness (QED) is 0.524. The van der Waals surface area contributed by atoms with Gasteiger partial charge in [0.05, 0.1) is 11.3 Å². The van der Waals surface area contributed by atoms with Gasteiger partial charge in [0.2, 0.25) is 0 Å². The second-order valence-corrected chi connectivity index (χ2v) is 6.05. The molecule has 0 saturated carbocycles. The summed E-state index contributed by atoms with van der Waals surface area (Å²) in [5, 5.41) is 9.96. The van der Waals surface area contributed by atoms with Crippen LogP contribution in [0.4, 0.5) is 14.5 Å². The maximum atomic E-state index is 12.5. The van der Waals surface area contributed by atoms with Crippen LogP contribution in [-0.4, -0.2) is 38.8 Å². The summed E-state index contributed by atoms with van der Waals surface area (Å²) in [6.07, 6.45) is 2.90. The number of alkyl halides is 2. The zero-order valence-corrected chi connectivity index (χ0v) is 14.0. The summed E-state index contributed by atoms with van der Waals surface area (Å²) in [5.74, 6) is -3.95. The first-order chi connectivity index (χ1) is 12.5. The highest BCUT2D eigenvalue weighted by molar-refractivity contribution is 7.99. The number of fused-ring (bicyclic) bond motifs is 1. The van der Waals surface area contributed by atoms with Crippen molar-refractivity contribution in [2.45, 2.75) is 10.7 Å². The average molecular weight is 378 g/mol. The van der Waals surface area contributed by atoms with Crippen LogP contribution in [0, 0.1) is 0 Å². The maximum Gasteiger partial charge on any atom is 0.340 e. The van der Waals surface area contributed by atoms with E-state index in [0.29, 0.717) is 17.4 Å². The van der Waals surface area contributed by atoms with Gasteiger partial charge < -0.3 is 10.1 Å². The minimum Gasteiger partial charge on any atom is -0.452 e. The minimum absolute atomic E-state index is 0.221. The predicted molar refractivity (Wildman–Crippen MR) is 90.2 cm³/mol. The lowest BCUT2D eigenvalue weighted by Gasteiger charge is -2.10. The van der Waals surface area contributed by atoms with E-state index in [4.69, 9.17) is 4.74 Å². The van der Waals surface area contributed by atoms with Crippen molar-refractivity contribution in [3.05, 3.63) is 54.5 Å². The van der Waals surface area contributed by atoms with Gasteiger partial charge in [-0.3, -0.25) is 9.20 Å². The number of hydrogen-bond acceptors (Lipinski definition) is 6. The number of amides is 1. The molecule has 2 aromatic heterocycles. The Balaban J connectivity index is 1.59. The van der Waals surface area contributed by atoms with E-state index in [9.17, 15) is 18.4 Å². The van der Waals surface area contributed by atoms with Crippen LogP contribution in [0.3, 0.4) is 0 Å². The summed E-state index contributed by atoms with van der Waals surface area (Å²) in [6.45, 7) is -0.549. The molecular weight excluding hydrogens is 366 g/mol. The smallest absolute Gasteiger partial charge is 0.340 e. The number of halogens is 2. The number of para-hydroxylation sites is 1. The zero-order valence-electron chi connectivity index (χ0n) is 13.1. The van der Waals surface area contributed by atoms with Crippen LogP contribution in [-0.2, 0) is 9.53 Å². The number of pyridine rings is 1. The van der Waals surface area contributed by atoms with E-state index >= 15 is 0 Å². The van der Waals surface area contributed by atoms with Crippen molar-refractivity contribution in [2.75, 3.05) is 11.9 Å². The number of nitrogens with zero attached hydrogens (tertiary/aromatic N) is 3. The molecule has 0 spiro atoms. The Morgan fingerprint density at radius 3 is 2.85 bits per heavy atom. The molecule has 0 saturated heterocycles. The van der Waals surface area contributed by atoms with Crippen molar-refractivity contribution >= 4 is 35.0 Å². The third-order valence-electron chi connectivity index (χ3n) is 3.24. The molecule has 134 valence electrons. The second kappa shape index (κ2) is 7.91. The third kappa shape index (κ3) is 4.33. The number of esters is 1. The van der Waals surface area contributed by atoms with Crippen LogP contribution >= 0.6 is 11.8 Å². The van der Waals surface area contributed by atoms with E-state index in [0.717, 1.165) is 0 Å². The minimum atomic E-state index is -2.61. The van der Waals surface area contributed by atoms with E-state index in [2.05, 4.69) is 15.5 Å². The van der Waals surface area contributed by atoms with E-state index in [1.54, 1.807) is 18.2 Å². The van der Waals surface area contributed by atoms with Gasteiger partial charge in [-0.1, -0.05) is 23.9 Å². The highest BCUT2D eigenvalue weighted by Crippen LogP contribution is 2.31. The highest BCUT2D eigenvalue weighted by Gasteiger charge is 2.14. The Morgan fingerprint density at radius 2 is 2.04 bits per heavy atom. The van der Waals surface area contributed by atoms with Crippen LogP contribution in [0.1, 0.15) is 10.4 Å². The van der Waals surface area contributed by atoms with Gasteiger partial charge in [-0.2, -0.15) is 8.78 Å². The van der Waals surface area contributed by atoms with Crippen LogP contribution in [0.25, 0.3) is 5.65 Å². The lowest BCUT2D eigenvalue weighted by Crippen LogP contribution is -2.21. The average Bonchev–Trinajstić information content (AvgIpc) is 3.08. The SMILES string of the molecule is O=C(COC(=O)c1ccc2nncn2c1)Nc1ccccc1SC(F)F. The van der Waals surface area contributed by atoms with Crippen LogP contribution in [0.2, 0.25) is 0 Å². The van der Waals surface area contributed by atoms with Gasteiger partial charge >= 0.3 is 5.97 Å². The summed E-state index contributed by atoms with van der Waals surface area (Å²) in [6, 6.07) is 9.23. The molecule has 26 heavy (non-hydrogen) atoms. The number of nitrogens with one attached hydrogen (secondary N) is 1. The predicted octanol–water partition coefficient (Wildman–Crippen LogP) is 2.84. The van der Waals surface area contributed by atoms with Crippen molar-refractivity contribution in [3.8, 4) is 0 Å². The molecule has 3 aromatic rings. The molecule has 0 atom stereocenters. The molecule has 1 amide bonds. The van der Waals surface area contributed by atoms with Gasteiger partial charge in [-0.15, -0.1) is 10.2 Å². The van der Waals surface area contributed by atoms with Crippen molar-refractivity contribution < 1.29 is 23.1 Å². The van der Waals surface area contributed by atoms with E-state index in [1.807, 2.05) is 0 Å². The normalized spacial score (nSPS) is 10.9. The number of ether oxygens (including phenoxy) is 1. The molecule has 0 aliphatic rings. The summed E-state index contributed by atoms with van der Waals surface area (Å²) < 4.78 is 31.6. The van der Waals surface area contributed by atoms with E-state index in [-0.39, 0.29) is 16.1 Å². The maximum absolute atomic E-state index is 12.5. The summed E-state index contributed by atoms with van der Waals surface area (Å²) in [5.41, 5.74) is 1.01. The summed E-state index contributed by atoms with van der Waals surface area (Å²) >= 11 is 0.320. The molecule has 0 radical (unpaired) electrons. The molecular formula is C16H12F2N4O3S. The lowest BCUT2D eigenvalue weighted by atomic mass is 10.3. The number of hydrogen-bond donors (Lipinski definition) is 1. The lowest BCUT2D eigenvalue weighted by molar-refractivity contribution is -0.119. The highest BCUT2D eigenvalue weighted by atomic mass is 32.2. The number of carbonyl (C=O) groups excluding carboxylic acids is 2. The molecule has 0 unspecified atom stereocenters. The second-order valence-electron chi connectivity index (χ2n) is 5.01. The third-order valence-corrected chi connectivity index (χ3v) is 4.03. The van der Waals surface area contributed by atoms with Gasteiger partial charge in [0.1, 0.15) is 6.33 Å². The molecule has 3 rings (SSSR count). The Labute approximate surface area is 150 Å². The van der Waals surface area contributed by atoms with Crippen molar-refractivity contribution in [3.63, 3.8) is 0 Å². The Kier molecular flexibility index (Phi) is 5.42. The number of anilines is 1. The summed E-state index contributed by atoms with van der Waals surface area (Å²) in [4.78, 5) is 24.2. The van der Waals surface area contributed by atoms with Crippen LogP contribution in [0.5, 0.6) is 0 Å².